The maximum absolute atomic E-state index is 12.4. The zero-order valence-electron chi connectivity index (χ0n) is 23.2. The number of aliphatic hydroxyl groups excluding tert-OH is 2. The van der Waals surface area contributed by atoms with Crippen molar-refractivity contribution in [3.05, 3.63) is 11.6 Å². The first kappa shape index (κ1) is 31.1. The number of carbonyl (C=O) groups excluding carboxylic acids is 2. The summed E-state index contributed by atoms with van der Waals surface area (Å²) in [6.07, 6.45) is 4.46. The summed E-state index contributed by atoms with van der Waals surface area (Å²) in [6.45, 7) is 11.5. The Balaban J connectivity index is 0.00000456. The minimum Gasteiger partial charge on any atom is -0.462 e. The van der Waals surface area contributed by atoms with Crippen molar-refractivity contribution in [1.29, 1.82) is 0 Å². The highest BCUT2D eigenvalue weighted by molar-refractivity contribution is 5.85. The van der Waals surface area contributed by atoms with Gasteiger partial charge in [0, 0.05) is 18.0 Å². The van der Waals surface area contributed by atoms with Gasteiger partial charge in [0.15, 0.2) is 0 Å². The molecule has 0 bridgehead atoms. The van der Waals surface area contributed by atoms with Gasteiger partial charge in [-0.25, -0.2) is 4.79 Å². The zero-order chi connectivity index (χ0) is 26.1. The van der Waals surface area contributed by atoms with Crippen molar-refractivity contribution >= 4 is 24.3 Å². The molecule has 0 amide bonds. The van der Waals surface area contributed by atoms with Crippen molar-refractivity contribution in [2.75, 3.05) is 27.2 Å². The lowest BCUT2D eigenvalue weighted by molar-refractivity contribution is -0.205. The average Bonchev–Trinajstić information content (AvgIpc) is 2.73. The van der Waals surface area contributed by atoms with Gasteiger partial charge < -0.3 is 24.6 Å². The van der Waals surface area contributed by atoms with Gasteiger partial charge in [0.25, 0.3) is 0 Å². The topological polar surface area (TPSA) is 96.3 Å². The molecule has 3 aliphatic rings. The van der Waals surface area contributed by atoms with Crippen molar-refractivity contribution in [2.45, 2.75) is 91.5 Å². The molecular weight excluding hydrogens is 482 g/mol. The maximum atomic E-state index is 12.4. The number of carbonyl (C=O) groups is 2. The molecule has 0 saturated heterocycles. The summed E-state index contributed by atoms with van der Waals surface area (Å²) < 4.78 is 11.3. The Morgan fingerprint density at radius 3 is 2.50 bits per heavy atom. The molecule has 7 nitrogen and oxygen atoms in total. The summed E-state index contributed by atoms with van der Waals surface area (Å²) in [5, 5.41) is 21.0. The van der Waals surface area contributed by atoms with Crippen LogP contribution >= 0.6 is 12.4 Å². The lowest BCUT2D eigenvalue weighted by atomic mass is 9.42. The molecule has 3 rings (SSSR count). The van der Waals surface area contributed by atoms with Gasteiger partial charge in [0.2, 0.25) is 0 Å². The first-order chi connectivity index (χ1) is 16.3. The van der Waals surface area contributed by atoms with Crippen molar-refractivity contribution in [3.8, 4) is 0 Å². The molecule has 0 heterocycles. The van der Waals surface area contributed by atoms with Crippen molar-refractivity contribution in [2.24, 2.45) is 34.5 Å². The maximum Gasteiger partial charge on any atom is 0.330 e. The standard InChI is InChI=1S/C28H47NO6.ClH/c1-17(30)14-25(33)35-23-10-11-28(5)20-9-8-19(15-24(32)34-13-12-29(6)7)18(2)26(20)21(31)16-22(28)27(23,3)4;/h15,17-18,20-23,26,30-31H,8-14,16H2,1-7H3;1H/b19-15-;/t17?,18-,20-,21-,22-,23+,26-,28+;/m1./s1. The number of halogens is 1. The van der Waals surface area contributed by atoms with Crippen LogP contribution in [0.5, 0.6) is 0 Å². The van der Waals surface area contributed by atoms with Gasteiger partial charge in [-0.05, 0) is 82.2 Å². The molecule has 3 fully saturated rings. The van der Waals surface area contributed by atoms with E-state index in [4.69, 9.17) is 9.47 Å². The van der Waals surface area contributed by atoms with E-state index < -0.39 is 12.2 Å². The van der Waals surface area contributed by atoms with E-state index in [1.54, 1.807) is 13.0 Å². The monoisotopic (exact) mass is 529 g/mol. The van der Waals surface area contributed by atoms with Gasteiger partial charge in [-0.2, -0.15) is 0 Å². The predicted molar refractivity (Wildman–Crippen MR) is 142 cm³/mol. The lowest BCUT2D eigenvalue weighted by Gasteiger charge is -2.64. The first-order valence-corrected chi connectivity index (χ1v) is 13.3. The molecule has 0 spiro atoms. The first-order valence-electron chi connectivity index (χ1n) is 13.3. The van der Waals surface area contributed by atoms with E-state index in [-0.39, 0.29) is 65.5 Å². The Morgan fingerprint density at radius 1 is 1.22 bits per heavy atom. The fraction of sp³-hybridized carbons (Fsp3) is 0.857. The van der Waals surface area contributed by atoms with Crippen LogP contribution in [0.4, 0.5) is 0 Å². The van der Waals surface area contributed by atoms with E-state index in [1.807, 2.05) is 19.0 Å². The number of likely N-dealkylation sites (N-methyl/N-ethyl adjacent to an activating group) is 1. The second-order valence-corrected chi connectivity index (χ2v) is 12.5. The molecule has 2 N–H and O–H groups in total. The van der Waals surface area contributed by atoms with E-state index in [0.29, 0.717) is 25.5 Å². The smallest absolute Gasteiger partial charge is 0.330 e. The Morgan fingerprint density at radius 2 is 1.89 bits per heavy atom. The quantitative estimate of drug-likeness (QED) is 0.380. The Hall–Kier alpha value is -1.15. The third-order valence-electron chi connectivity index (χ3n) is 9.43. The van der Waals surface area contributed by atoms with Gasteiger partial charge >= 0.3 is 11.9 Å². The minimum absolute atomic E-state index is 0. The fourth-order valence-electron chi connectivity index (χ4n) is 7.57. The lowest BCUT2D eigenvalue weighted by Crippen LogP contribution is -2.61. The number of allylic oxidation sites excluding steroid dienone is 1. The summed E-state index contributed by atoms with van der Waals surface area (Å²) in [6, 6.07) is 0. The molecular formula is C28H48ClNO6. The van der Waals surface area contributed by atoms with Crippen LogP contribution < -0.4 is 0 Å². The fourth-order valence-corrected chi connectivity index (χ4v) is 7.57. The van der Waals surface area contributed by atoms with E-state index in [9.17, 15) is 19.8 Å². The van der Waals surface area contributed by atoms with E-state index in [1.165, 1.54) is 0 Å². The molecule has 0 aromatic heterocycles. The Labute approximate surface area is 223 Å². The number of hydrogen-bond donors (Lipinski definition) is 2. The third-order valence-corrected chi connectivity index (χ3v) is 9.43. The van der Waals surface area contributed by atoms with Crippen LogP contribution in [0.25, 0.3) is 0 Å². The van der Waals surface area contributed by atoms with Crippen LogP contribution in [-0.4, -0.2) is 72.6 Å². The number of rotatable bonds is 7. The number of ether oxygens (including phenoxy) is 2. The van der Waals surface area contributed by atoms with Crippen LogP contribution in [0.2, 0.25) is 0 Å². The van der Waals surface area contributed by atoms with Crippen LogP contribution in [-0.2, 0) is 19.1 Å². The normalized spacial score (nSPS) is 37.3. The number of hydrogen-bond acceptors (Lipinski definition) is 7. The molecule has 208 valence electrons. The molecule has 8 heteroatoms. The average molecular weight is 530 g/mol. The van der Waals surface area contributed by atoms with Gasteiger partial charge in [-0.15, -0.1) is 12.4 Å². The van der Waals surface area contributed by atoms with Gasteiger partial charge in [-0.3, -0.25) is 4.79 Å². The molecule has 1 unspecified atom stereocenters. The number of aliphatic hydroxyl groups is 2. The number of nitrogens with zero attached hydrogens (tertiary/aromatic N) is 1. The highest BCUT2D eigenvalue weighted by Crippen LogP contribution is 2.65. The largest absolute Gasteiger partial charge is 0.462 e. The summed E-state index contributed by atoms with van der Waals surface area (Å²) in [5.41, 5.74) is 0.845. The second kappa shape index (κ2) is 12.1. The second-order valence-electron chi connectivity index (χ2n) is 12.5. The summed E-state index contributed by atoms with van der Waals surface area (Å²) in [5.74, 6) is 0.153. The van der Waals surface area contributed by atoms with Crippen LogP contribution in [0.3, 0.4) is 0 Å². The summed E-state index contributed by atoms with van der Waals surface area (Å²) in [7, 11) is 3.89. The Kier molecular flexibility index (Phi) is 10.5. The van der Waals surface area contributed by atoms with Crippen molar-refractivity contribution < 1.29 is 29.3 Å². The van der Waals surface area contributed by atoms with Crippen molar-refractivity contribution in [3.63, 3.8) is 0 Å². The van der Waals surface area contributed by atoms with Crippen LogP contribution in [0.15, 0.2) is 11.6 Å². The minimum atomic E-state index is -0.715. The number of esters is 2. The molecule has 0 aliphatic heterocycles. The van der Waals surface area contributed by atoms with Crippen LogP contribution in [0, 0.1) is 34.5 Å². The molecule has 0 aromatic rings. The highest BCUT2D eigenvalue weighted by atomic mass is 35.5. The van der Waals surface area contributed by atoms with E-state index in [2.05, 4.69) is 27.7 Å². The summed E-state index contributed by atoms with van der Waals surface area (Å²) >= 11 is 0. The molecule has 8 atom stereocenters. The van der Waals surface area contributed by atoms with E-state index >= 15 is 0 Å². The SMILES string of the molecule is CC(O)CC(=O)O[C@H]1CC[C@@]2(C)[C@@H]3CC/C(=C/C(=O)OCCN(C)C)[C@@H](C)[C@H]3[C@H](O)C[C@@H]2C1(C)C.Cl. The number of fused-ring (bicyclic) bond motifs is 3. The molecule has 36 heavy (non-hydrogen) atoms. The van der Waals surface area contributed by atoms with E-state index in [0.717, 1.165) is 31.3 Å². The molecule has 0 aromatic carbocycles. The van der Waals surface area contributed by atoms with Gasteiger partial charge in [0.1, 0.15) is 12.7 Å². The van der Waals surface area contributed by atoms with Crippen molar-refractivity contribution in [1.82, 2.24) is 4.90 Å². The Bertz CT molecular complexity index is 812. The molecule has 3 saturated carbocycles. The zero-order valence-corrected chi connectivity index (χ0v) is 24.0. The van der Waals surface area contributed by atoms with Crippen LogP contribution in [0.1, 0.15) is 73.1 Å². The third kappa shape index (κ3) is 6.46. The molecule has 3 aliphatic carbocycles. The van der Waals surface area contributed by atoms with Gasteiger partial charge in [0.05, 0.1) is 18.6 Å². The summed E-state index contributed by atoms with van der Waals surface area (Å²) in [4.78, 5) is 26.7. The predicted octanol–water partition coefficient (Wildman–Crippen LogP) is 3.99. The van der Waals surface area contributed by atoms with Gasteiger partial charge in [-0.1, -0.05) is 33.3 Å². The molecule has 0 radical (unpaired) electrons. The highest BCUT2D eigenvalue weighted by Gasteiger charge is 2.61.